The van der Waals surface area contributed by atoms with Crippen LogP contribution in [0.15, 0.2) is 29.4 Å². The predicted molar refractivity (Wildman–Crippen MR) is 90.7 cm³/mol. The zero-order valence-electron chi connectivity index (χ0n) is 13.6. The molecule has 1 aromatic carbocycles. The molecular formula is C17H22N4S. The van der Waals surface area contributed by atoms with E-state index in [4.69, 9.17) is 5.26 Å². The minimum absolute atomic E-state index is 0.153. The number of nitriles is 1. The molecule has 0 aliphatic carbocycles. The first kappa shape index (κ1) is 16.6. The number of hydrogen-bond donors (Lipinski definition) is 0. The molecule has 0 saturated heterocycles. The van der Waals surface area contributed by atoms with E-state index in [0.717, 1.165) is 28.7 Å². The van der Waals surface area contributed by atoms with Crippen LogP contribution in [0, 0.1) is 11.3 Å². The molecular weight excluding hydrogens is 292 g/mol. The van der Waals surface area contributed by atoms with Crippen molar-refractivity contribution >= 4 is 11.8 Å². The largest absolute Gasteiger partial charge is 0.305 e. The van der Waals surface area contributed by atoms with Crippen molar-refractivity contribution in [3.63, 3.8) is 0 Å². The smallest absolute Gasteiger partial charge is 0.191 e. The maximum absolute atomic E-state index is 8.56. The average Bonchev–Trinajstić information content (AvgIpc) is 2.84. The van der Waals surface area contributed by atoms with Crippen molar-refractivity contribution in [2.45, 2.75) is 44.2 Å². The lowest BCUT2D eigenvalue weighted by atomic mass is 9.87. The fourth-order valence-corrected chi connectivity index (χ4v) is 2.98. The number of benzene rings is 1. The summed E-state index contributed by atoms with van der Waals surface area (Å²) < 4.78 is 2.02. The Balaban J connectivity index is 2.13. The molecule has 0 fully saturated rings. The Bertz CT molecular complexity index is 659. The van der Waals surface area contributed by atoms with Crippen LogP contribution in [0.2, 0.25) is 0 Å². The normalized spacial score (nSPS) is 11.4. The predicted octanol–water partition coefficient (Wildman–Crippen LogP) is 4.18. The average molecular weight is 314 g/mol. The van der Waals surface area contributed by atoms with E-state index >= 15 is 0 Å². The number of aromatic nitrogens is 3. The van der Waals surface area contributed by atoms with E-state index in [9.17, 15) is 0 Å². The molecule has 0 aliphatic heterocycles. The van der Waals surface area contributed by atoms with E-state index in [1.807, 2.05) is 11.6 Å². The van der Waals surface area contributed by atoms with Crippen LogP contribution in [0.3, 0.4) is 0 Å². The summed E-state index contributed by atoms with van der Waals surface area (Å²) in [6.07, 6.45) is 1.47. The zero-order chi connectivity index (χ0) is 16.2. The van der Waals surface area contributed by atoms with Crippen molar-refractivity contribution in [2.24, 2.45) is 7.05 Å². The van der Waals surface area contributed by atoms with Gasteiger partial charge in [-0.2, -0.15) is 5.26 Å². The maximum Gasteiger partial charge on any atom is 0.191 e. The third-order valence-corrected chi connectivity index (χ3v) is 4.61. The van der Waals surface area contributed by atoms with Gasteiger partial charge in [-0.15, -0.1) is 10.2 Å². The number of hydrogen-bond acceptors (Lipinski definition) is 4. The molecule has 1 heterocycles. The van der Waals surface area contributed by atoms with Gasteiger partial charge in [-0.05, 0) is 17.4 Å². The zero-order valence-corrected chi connectivity index (χ0v) is 14.4. The lowest BCUT2D eigenvalue weighted by Gasteiger charge is -2.19. The van der Waals surface area contributed by atoms with Gasteiger partial charge in [0.15, 0.2) is 11.0 Å². The monoisotopic (exact) mass is 314 g/mol. The highest BCUT2D eigenvalue weighted by Crippen LogP contribution is 2.27. The van der Waals surface area contributed by atoms with Crippen LogP contribution in [0.5, 0.6) is 0 Å². The highest BCUT2D eigenvalue weighted by atomic mass is 32.2. The number of thioether (sulfide) groups is 1. The van der Waals surface area contributed by atoms with E-state index in [1.54, 1.807) is 11.8 Å². The highest BCUT2D eigenvalue weighted by Gasteiger charge is 2.15. The summed E-state index contributed by atoms with van der Waals surface area (Å²) in [5, 5.41) is 18.0. The van der Waals surface area contributed by atoms with Gasteiger partial charge in [-0.3, -0.25) is 0 Å². The van der Waals surface area contributed by atoms with Crippen molar-refractivity contribution in [1.29, 1.82) is 5.26 Å². The summed E-state index contributed by atoms with van der Waals surface area (Å²) in [7, 11) is 1.99. The quantitative estimate of drug-likeness (QED) is 0.614. The summed E-state index contributed by atoms with van der Waals surface area (Å²) in [5.41, 5.74) is 2.54. The molecule has 0 atom stereocenters. The molecule has 22 heavy (non-hydrogen) atoms. The topological polar surface area (TPSA) is 54.5 Å². The minimum atomic E-state index is 0.153. The minimum Gasteiger partial charge on any atom is -0.305 e. The molecule has 1 aromatic heterocycles. The van der Waals surface area contributed by atoms with E-state index < -0.39 is 0 Å². The molecule has 0 radical (unpaired) electrons. The van der Waals surface area contributed by atoms with Gasteiger partial charge >= 0.3 is 0 Å². The van der Waals surface area contributed by atoms with E-state index in [2.05, 4.69) is 61.3 Å². The number of unbranched alkanes of at least 4 members (excludes halogenated alkanes) is 1. The van der Waals surface area contributed by atoms with Crippen molar-refractivity contribution in [1.82, 2.24) is 14.8 Å². The Hall–Kier alpha value is -1.80. The molecule has 2 rings (SSSR count). The first-order chi connectivity index (χ1) is 10.4. The maximum atomic E-state index is 8.56. The Morgan fingerprint density at radius 2 is 1.86 bits per heavy atom. The van der Waals surface area contributed by atoms with Gasteiger partial charge in [0.2, 0.25) is 0 Å². The van der Waals surface area contributed by atoms with Crippen LogP contribution in [0.25, 0.3) is 11.4 Å². The molecule has 5 heteroatoms. The second-order valence-electron chi connectivity index (χ2n) is 6.30. The van der Waals surface area contributed by atoms with Crippen molar-refractivity contribution in [3.05, 3.63) is 29.8 Å². The van der Waals surface area contributed by atoms with Gasteiger partial charge in [0.05, 0.1) is 6.07 Å². The van der Waals surface area contributed by atoms with Crippen LogP contribution < -0.4 is 0 Å². The summed E-state index contributed by atoms with van der Waals surface area (Å²) in [6.45, 7) is 6.63. The Labute approximate surface area is 136 Å². The lowest BCUT2D eigenvalue weighted by Crippen LogP contribution is -2.10. The van der Waals surface area contributed by atoms with Gasteiger partial charge in [0.1, 0.15) is 0 Å². The second-order valence-corrected chi connectivity index (χ2v) is 7.36. The summed E-state index contributed by atoms with van der Waals surface area (Å²) in [4.78, 5) is 0. The molecule has 2 aromatic rings. The fraction of sp³-hybridized carbons (Fsp3) is 0.471. The Morgan fingerprint density at radius 1 is 1.18 bits per heavy atom. The molecule has 0 aliphatic rings. The SMILES string of the molecule is Cn1c(SCCCC#N)nnc1-c1ccc(C(C)(C)C)cc1. The van der Waals surface area contributed by atoms with Gasteiger partial charge in [-0.1, -0.05) is 56.8 Å². The van der Waals surface area contributed by atoms with Gasteiger partial charge in [-0.25, -0.2) is 0 Å². The third kappa shape index (κ3) is 3.89. The standard InChI is InChI=1S/C17H22N4S/c1-17(2,3)14-9-7-13(8-10-14)15-19-20-16(21(15)4)22-12-6-5-11-18/h7-10H,5-6,12H2,1-4H3. The third-order valence-electron chi connectivity index (χ3n) is 3.51. The second kappa shape index (κ2) is 6.97. The molecule has 0 amide bonds. The van der Waals surface area contributed by atoms with Gasteiger partial charge in [0.25, 0.3) is 0 Å². The van der Waals surface area contributed by atoms with Crippen LogP contribution in [-0.4, -0.2) is 20.5 Å². The van der Waals surface area contributed by atoms with Crippen LogP contribution in [0.4, 0.5) is 0 Å². The lowest BCUT2D eigenvalue weighted by molar-refractivity contribution is 0.590. The van der Waals surface area contributed by atoms with E-state index in [1.165, 1.54) is 5.56 Å². The van der Waals surface area contributed by atoms with E-state index in [0.29, 0.717) is 6.42 Å². The van der Waals surface area contributed by atoms with Crippen molar-refractivity contribution in [3.8, 4) is 17.5 Å². The summed E-state index contributed by atoms with van der Waals surface area (Å²) >= 11 is 1.65. The van der Waals surface area contributed by atoms with Crippen molar-refractivity contribution < 1.29 is 0 Å². The molecule has 0 spiro atoms. The highest BCUT2D eigenvalue weighted by molar-refractivity contribution is 7.99. The summed E-state index contributed by atoms with van der Waals surface area (Å²) in [5.74, 6) is 1.77. The molecule has 0 bridgehead atoms. The Kier molecular flexibility index (Phi) is 5.25. The van der Waals surface area contributed by atoms with Crippen LogP contribution in [0.1, 0.15) is 39.2 Å². The molecule has 0 unspecified atom stereocenters. The van der Waals surface area contributed by atoms with Crippen LogP contribution >= 0.6 is 11.8 Å². The fourth-order valence-electron chi connectivity index (χ4n) is 2.13. The van der Waals surface area contributed by atoms with Gasteiger partial charge < -0.3 is 4.57 Å². The van der Waals surface area contributed by atoms with E-state index in [-0.39, 0.29) is 5.41 Å². The summed E-state index contributed by atoms with van der Waals surface area (Å²) in [6, 6.07) is 10.7. The molecule has 4 nitrogen and oxygen atoms in total. The van der Waals surface area contributed by atoms with Gasteiger partial charge in [0, 0.05) is 24.8 Å². The molecule has 0 saturated carbocycles. The first-order valence-electron chi connectivity index (χ1n) is 7.43. The number of rotatable bonds is 5. The Morgan fingerprint density at radius 3 is 2.45 bits per heavy atom. The van der Waals surface area contributed by atoms with Crippen LogP contribution in [-0.2, 0) is 12.5 Å². The number of nitrogens with zero attached hydrogens (tertiary/aromatic N) is 4. The first-order valence-corrected chi connectivity index (χ1v) is 8.42. The van der Waals surface area contributed by atoms with Crippen molar-refractivity contribution in [2.75, 3.05) is 5.75 Å². The molecule has 0 N–H and O–H groups in total. The molecule has 116 valence electrons.